The van der Waals surface area contributed by atoms with Gasteiger partial charge in [0, 0.05) is 48.8 Å². The standard InChI is InChI=1S/C23H22F3N7OS/c1-31-20-17-10-14(2-5-19(17)30-21(27)18(20)12-29-31)22(34)33(32-6-8-35-9-7-32)13-16-4-3-15(11-28-16)23(24,25)26/h2-5,10-12H,6-9,13H2,1H3,(H2,27,30). The van der Waals surface area contributed by atoms with Gasteiger partial charge in [0.25, 0.3) is 5.91 Å². The third-order valence-electron chi connectivity index (χ3n) is 5.98. The van der Waals surface area contributed by atoms with Crippen LogP contribution in [-0.2, 0) is 19.8 Å². The van der Waals surface area contributed by atoms with Crippen LogP contribution in [0.15, 0.2) is 42.7 Å². The molecular weight excluding hydrogens is 479 g/mol. The number of aryl methyl sites for hydroxylation is 1. The molecule has 5 rings (SSSR count). The number of nitrogens with zero attached hydrogens (tertiary/aromatic N) is 6. The minimum atomic E-state index is -4.47. The smallest absolute Gasteiger partial charge is 0.383 e. The largest absolute Gasteiger partial charge is 0.417 e. The second-order valence-electron chi connectivity index (χ2n) is 8.22. The number of rotatable bonds is 4. The van der Waals surface area contributed by atoms with Gasteiger partial charge >= 0.3 is 6.18 Å². The molecule has 182 valence electrons. The number of carbonyl (C=O) groups is 1. The summed E-state index contributed by atoms with van der Waals surface area (Å²) in [6, 6.07) is 7.49. The first-order chi connectivity index (χ1) is 16.7. The summed E-state index contributed by atoms with van der Waals surface area (Å²) in [6.45, 7) is 1.35. The molecule has 0 saturated carbocycles. The van der Waals surface area contributed by atoms with Gasteiger partial charge in [0.05, 0.1) is 40.4 Å². The zero-order valence-corrected chi connectivity index (χ0v) is 19.6. The lowest BCUT2D eigenvalue weighted by Crippen LogP contribution is -2.49. The second kappa shape index (κ2) is 9.00. The van der Waals surface area contributed by atoms with Crippen LogP contribution in [-0.4, -0.2) is 60.3 Å². The summed E-state index contributed by atoms with van der Waals surface area (Å²) < 4.78 is 40.6. The molecule has 12 heteroatoms. The van der Waals surface area contributed by atoms with Gasteiger partial charge in [-0.1, -0.05) is 0 Å². The Morgan fingerprint density at radius 2 is 1.91 bits per heavy atom. The van der Waals surface area contributed by atoms with Gasteiger partial charge in [0.1, 0.15) is 5.82 Å². The molecule has 3 aromatic heterocycles. The molecule has 0 spiro atoms. The molecule has 1 aliphatic heterocycles. The van der Waals surface area contributed by atoms with Crippen LogP contribution in [0.4, 0.5) is 19.0 Å². The minimum absolute atomic E-state index is 0.0563. The molecule has 1 fully saturated rings. The zero-order chi connectivity index (χ0) is 24.7. The fourth-order valence-corrected chi connectivity index (χ4v) is 5.06. The van der Waals surface area contributed by atoms with Crippen LogP contribution in [0.25, 0.3) is 21.8 Å². The van der Waals surface area contributed by atoms with Crippen molar-refractivity contribution in [1.82, 2.24) is 29.8 Å². The van der Waals surface area contributed by atoms with Crippen molar-refractivity contribution in [2.75, 3.05) is 30.3 Å². The van der Waals surface area contributed by atoms with Crippen LogP contribution in [0.2, 0.25) is 0 Å². The maximum Gasteiger partial charge on any atom is 0.417 e. The summed E-state index contributed by atoms with van der Waals surface area (Å²) in [6.07, 6.45) is -2.03. The minimum Gasteiger partial charge on any atom is -0.383 e. The van der Waals surface area contributed by atoms with E-state index >= 15 is 0 Å². The number of fused-ring (bicyclic) bond motifs is 3. The Kier molecular flexibility index (Phi) is 6.01. The first-order valence-electron chi connectivity index (χ1n) is 10.9. The lowest BCUT2D eigenvalue weighted by molar-refractivity contribution is -0.137. The highest BCUT2D eigenvalue weighted by atomic mass is 32.2. The fourth-order valence-electron chi connectivity index (χ4n) is 4.17. The summed E-state index contributed by atoms with van der Waals surface area (Å²) in [5.74, 6) is 1.79. The molecule has 8 nitrogen and oxygen atoms in total. The van der Waals surface area contributed by atoms with Gasteiger partial charge in [-0.15, -0.1) is 0 Å². The van der Waals surface area contributed by atoms with E-state index in [1.807, 2.05) is 5.01 Å². The molecule has 0 radical (unpaired) electrons. The van der Waals surface area contributed by atoms with Crippen LogP contribution >= 0.6 is 11.8 Å². The van der Waals surface area contributed by atoms with E-state index in [0.717, 1.165) is 34.7 Å². The SMILES string of the molecule is Cn1ncc2c(N)nc3ccc(C(=O)N(Cc4ccc(C(F)(F)F)cn4)N4CCSCC4)cc3c21. The Labute approximate surface area is 202 Å². The number of amides is 1. The molecule has 1 saturated heterocycles. The Balaban J connectivity index is 1.52. The maximum absolute atomic E-state index is 13.7. The van der Waals surface area contributed by atoms with Crippen LogP contribution < -0.4 is 5.73 Å². The van der Waals surface area contributed by atoms with Gasteiger partial charge in [-0.3, -0.25) is 19.5 Å². The lowest BCUT2D eigenvalue weighted by atomic mass is 10.1. The van der Waals surface area contributed by atoms with E-state index in [-0.39, 0.29) is 12.5 Å². The summed E-state index contributed by atoms with van der Waals surface area (Å²) >= 11 is 1.79. The Hall–Kier alpha value is -3.38. The number of hydrazine groups is 1. The number of nitrogens with two attached hydrogens (primary N) is 1. The van der Waals surface area contributed by atoms with Crippen LogP contribution in [0, 0.1) is 0 Å². The predicted octanol–water partition coefficient (Wildman–Crippen LogP) is 3.72. The van der Waals surface area contributed by atoms with E-state index in [0.29, 0.717) is 41.1 Å². The van der Waals surface area contributed by atoms with Gasteiger partial charge in [-0.05, 0) is 30.3 Å². The van der Waals surface area contributed by atoms with Crippen molar-refractivity contribution < 1.29 is 18.0 Å². The highest BCUT2D eigenvalue weighted by molar-refractivity contribution is 7.99. The van der Waals surface area contributed by atoms with Crippen LogP contribution in [0.1, 0.15) is 21.6 Å². The fraction of sp³-hybridized carbons (Fsp3) is 0.304. The molecular formula is C23H22F3N7OS. The average molecular weight is 502 g/mol. The molecule has 0 unspecified atom stereocenters. The average Bonchev–Trinajstić information content (AvgIpc) is 3.25. The second-order valence-corrected chi connectivity index (χ2v) is 9.45. The number of alkyl halides is 3. The molecule has 35 heavy (non-hydrogen) atoms. The monoisotopic (exact) mass is 501 g/mol. The number of thioether (sulfide) groups is 1. The van der Waals surface area contributed by atoms with Gasteiger partial charge < -0.3 is 5.73 Å². The van der Waals surface area contributed by atoms with Crippen molar-refractivity contribution in [3.8, 4) is 0 Å². The molecule has 0 atom stereocenters. The van der Waals surface area contributed by atoms with E-state index in [9.17, 15) is 18.0 Å². The van der Waals surface area contributed by atoms with Gasteiger partial charge in [0.2, 0.25) is 0 Å². The number of carbonyl (C=O) groups excluding carboxylic acids is 1. The van der Waals surface area contributed by atoms with Crippen molar-refractivity contribution in [3.05, 3.63) is 59.5 Å². The summed E-state index contributed by atoms with van der Waals surface area (Å²) in [5, 5.41) is 9.21. The summed E-state index contributed by atoms with van der Waals surface area (Å²) in [4.78, 5) is 22.2. The van der Waals surface area contributed by atoms with Crippen LogP contribution in [0.5, 0.6) is 0 Å². The molecule has 2 N–H and O–H groups in total. The van der Waals surface area contributed by atoms with E-state index < -0.39 is 11.7 Å². The third-order valence-corrected chi connectivity index (χ3v) is 6.92. The Morgan fingerprint density at radius 3 is 2.60 bits per heavy atom. The van der Waals surface area contributed by atoms with Gasteiger partial charge in [0.15, 0.2) is 0 Å². The first-order valence-corrected chi connectivity index (χ1v) is 12.1. The quantitative estimate of drug-likeness (QED) is 0.456. The van der Waals surface area contributed by atoms with Crippen molar-refractivity contribution in [2.45, 2.75) is 12.7 Å². The van der Waals surface area contributed by atoms with Crippen molar-refractivity contribution in [2.24, 2.45) is 7.05 Å². The zero-order valence-electron chi connectivity index (χ0n) is 18.8. The number of anilines is 1. The molecule has 0 bridgehead atoms. The van der Waals surface area contributed by atoms with Crippen LogP contribution in [0.3, 0.4) is 0 Å². The molecule has 1 amide bonds. The van der Waals surface area contributed by atoms with E-state index in [4.69, 9.17) is 5.73 Å². The van der Waals surface area contributed by atoms with Gasteiger partial charge in [-0.25, -0.2) is 9.99 Å². The Bertz CT molecular complexity index is 1400. The predicted molar refractivity (Wildman–Crippen MR) is 128 cm³/mol. The number of pyridine rings is 2. The number of halogens is 3. The van der Waals surface area contributed by atoms with Crippen molar-refractivity contribution >= 4 is 45.3 Å². The molecule has 4 heterocycles. The summed E-state index contributed by atoms with van der Waals surface area (Å²) in [5.41, 5.74) is 7.46. The van der Waals surface area contributed by atoms with E-state index in [1.165, 1.54) is 6.07 Å². The number of aromatic nitrogens is 4. The molecule has 1 aromatic carbocycles. The van der Waals surface area contributed by atoms with E-state index in [1.54, 1.807) is 52.9 Å². The lowest BCUT2D eigenvalue weighted by Gasteiger charge is -2.37. The van der Waals surface area contributed by atoms with Gasteiger partial charge in [-0.2, -0.15) is 30.0 Å². The molecule has 4 aromatic rings. The Morgan fingerprint density at radius 1 is 1.14 bits per heavy atom. The highest BCUT2D eigenvalue weighted by Gasteiger charge is 2.31. The number of hydrogen-bond donors (Lipinski definition) is 1. The molecule has 0 aliphatic carbocycles. The number of hydrogen-bond acceptors (Lipinski definition) is 7. The van der Waals surface area contributed by atoms with E-state index in [2.05, 4.69) is 15.1 Å². The molecule has 1 aliphatic rings. The highest BCUT2D eigenvalue weighted by Crippen LogP contribution is 2.30. The number of nitrogen functional groups attached to an aromatic ring is 1. The summed E-state index contributed by atoms with van der Waals surface area (Å²) in [7, 11) is 1.80. The topological polar surface area (TPSA) is 93.2 Å². The third kappa shape index (κ3) is 4.50. The first kappa shape index (κ1) is 23.4. The maximum atomic E-state index is 13.7. The normalized spacial score (nSPS) is 15.1. The van der Waals surface area contributed by atoms with Crippen molar-refractivity contribution in [3.63, 3.8) is 0 Å². The van der Waals surface area contributed by atoms with Crippen molar-refractivity contribution in [1.29, 1.82) is 0 Å². The number of benzene rings is 1.